The molecule has 4 rings (SSSR count). The molecule has 3 aromatic rings. The molecule has 1 aliphatic heterocycles. The summed E-state index contributed by atoms with van der Waals surface area (Å²) in [5.41, 5.74) is -0.258. The molecule has 4 atom stereocenters. The van der Waals surface area contributed by atoms with Gasteiger partial charge in [-0.2, -0.15) is 13.2 Å². The molecule has 0 unspecified atom stereocenters. The summed E-state index contributed by atoms with van der Waals surface area (Å²) >= 11 is 3.07. The van der Waals surface area contributed by atoms with Crippen LogP contribution in [0.2, 0.25) is 0 Å². The molecule has 3 heterocycles. The van der Waals surface area contributed by atoms with Crippen LogP contribution in [0.1, 0.15) is 11.8 Å². The molecule has 0 radical (unpaired) electrons. The van der Waals surface area contributed by atoms with Gasteiger partial charge >= 0.3 is 6.18 Å². The number of imidazole rings is 1. The van der Waals surface area contributed by atoms with Gasteiger partial charge in [-0.25, -0.2) is 15.0 Å². The van der Waals surface area contributed by atoms with Crippen molar-refractivity contribution in [3.05, 3.63) is 40.9 Å². The first-order valence-electron chi connectivity index (χ1n) is 8.49. The number of fused-ring (bicyclic) bond motifs is 1. The minimum atomic E-state index is -4.52. The molecular weight excluding hydrogens is 471 g/mol. The maximum Gasteiger partial charge on any atom is 0.416 e. The van der Waals surface area contributed by atoms with E-state index in [9.17, 15) is 23.4 Å². The zero-order valence-corrected chi connectivity index (χ0v) is 16.5. The summed E-state index contributed by atoms with van der Waals surface area (Å²) in [6.45, 7) is 0. The van der Waals surface area contributed by atoms with Crippen LogP contribution < -0.4 is 5.32 Å². The molecule has 1 fully saturated rings. The highest BCUT2D eigenvalue weighted by atomic mass is 79.9. The second-order valence-corrected chi connectivity index (χ2v) is 7.41. The van der Waals surface area contributed by atoms with E-state index in [0.29, 0.717) is 0 Å². The van der Waals surface area contributed by atoms with Gasteiger partial charge in [0.25, 0.3) is 0 Å². The lowest BCUT2D eigenvalue weighted by Gasteiger charge is -2.16. The normalized spacial score (nSPS) is 24.2. The van der Waals surface area contributed by atoms with E-state index in [-0.39, 0.29) is 27.1 Å². The van der Waals surface area contributed by atoms with E-state index < -0.39 is 36.3 Å². The number of nitrogens with one attached hydrogen (secondary N) is 1. The van der Waals surface area contributed by atoms with Crippen molar-refractivity contribution < 1.29 is 28.1 Å². The predicted octanol–water partition coefficient (Wildman–Crippen LogP) is 2.60. The summed E-state index contributed by atoms with van der Waals surface area (Å²) in [4.78, 5) is 12.3. The lowest BCUT2D eigenvalue weighted by atomic mass is 10.1. The van der Waals surface area contributed by atoms with Gasteiger partial charge in [0.15, 0.2) is 23.2 Å². The molecule has 1 saturated heterocycles. The fraction of sp³-hybridized carbons (Fsp3) is 0.278. The molecule has 2 aromatic heterocycles. The smallest absolute Gasteiger partial charge is 0.386 e. The number of rotatable bonds is 3. The highest BCUT2D eigenvalue weighted by Crippen LogP contribution is 2.35. The summed E-state index contributed by atoms with van der Waals surface area (Å²) in [6, 6.07) is 3.35. The second-order valence-electron chi connectivity index (χ2n) is 6.49. The fourth-order valence-electron chi connectivity index (χ4n) is 3.12. The molecule has 1 aliphatic rings. The number of aliphatic hydroxyl groups excluding tert-OH is 2. The Bertz CT molecular complexity index is 1150. The summed E-state index contributed by atoms with van der Waals surface area (Å²) in [6.07, 6.45) is -1.41. The Labute approximate surface area is 175 Å². The Morgan fingerprint density at radius 2 is 1.93 bits per heavy atom. The van der Waals surface area contributed by atoms with Crippen LogP contribution >= 0.6 is 15.9 Å². The van der Waals surface area contributed by atoms with E-state index in [1.165, 1.54) is 23.3 Å². The first-order valence-corrected chi connectivity index (χ1v) is 9.28. The van der Waals surface area contributed by atoms with Crippen LogP contribution in [0, 0.1) is 12.3 Å². The molecular formula is C18H13BrF3N5O3. The van der Waals surface area contributed by atoms with Crippen molar-refractivity contribution >= 4 is 38.6 Å². The largest absolute Gasteiger partial charge is 0.416 e. The monoisotopic (exact) mass is 483 g/mol. The molecule has 0 aliphatic carbocycles. The third-order valence-electron chi connectivity index (χ3n) is 4.52. The molecule has 12 heteroatoms. The zero-order valence-electron chi connectivity index (χ0n) is 14.9. The van der Waals surface area contributed by atoms with Gasteiger partial charge in [0.2, 0.25) is 0 Å². The van der Waals surface area contributed by atoms with Crippen molar-refractivity contribution in [3.63, 3.8) is 0 Å². The number of aromatic nitrogens is 4. The number of nitrogens with zero attached hydrogens (tertiary/aromatic N) is 4. The van der Waals surface area contributed by atoms with Gasteiger partial charge in [-0.15, -0.1) is 6.42 Å². The molecule has 0 saturated carbocycles. The Balaban J connectivity index is 1.70. The number of ether oxygens (including phenoxy) is 1. The lowest BCUT2D eigenvalue weighted by Crippen LogP contribution is -2.30. The van der Waals surface area contributed by atoms with E-state index in [2.05, 4.69) is 42.1 Å². The minimum absolute atomic E-state index is 0.131. The van der Waals surface area contributed by atoms with E-state index >= 15 is 0 Å². The second kappa shape index (κ2) is 7.51. The SMILES string of the molecule is C#C[C@H]1O[C@@H](n2cnc3c(Nc4cc(Br)cc(C(F)(F)F)c4)ncnc32)[C@H](O)[C@@H]1O. The molecule has 0 spiro atoms. The van der Waals surface area contributed by atoms with E-state index in [1.807, 2.05) is 0 Å². The Hall–Kier alpha value is -2.72. The van der Waals surface area contributed by atoms with Gasteiger partial charge in [0.1, 0.15) is 24.6 Å². The molecule has 3 N–H and O–H groups in total. The number of hydrogen-bond donors (Lipinski definition) is 3. The van der Waals surface area contributed by atoms with Crippen LogP contribution in [0.25, 0.3) is 11.2 Å². The third kappa shape index (κ3) is 3.61. The number of alkyl halides is 3. The van der Waals surface area contributed by atoms with Crippen LogP contribution in [-0.4, -0.2) is 48.0 Å². The lowest BCUT2D eigenvalue weighted by molar-refractivity contribution is -0.137. The highest BCUT2D eigenvalue weighted by Gasteiger charge is 2.43. The standard InChI is InChI=1S/C18H13BrF3N5O3/c1-2-11-13(28)14(29)17(30-11)27-7-25-12-15(23-6-24-16(12)27)26-10-4-8(18(20,21)22)3-9(19)5-10/h1,3-7,11,13-14,17,28-29H,(H,23,24,26)/t11-,13-,14-,17-/m1/s1. The molecule has 0 bridgehead atoms. The van der Waals surface area contributed by atoms with Gasteiger partial charge < -0.3 is 20.3 Å². The first-order chi connectivity index (χ1) is 14.2. The topological polar surface area (TPSA) is 105 Å². The van der Waals surface area contributed by atoms with Crippen molar-refractivity contribution in [3.8, 4) is 12.3 Å². The molecule has 156 valence electrons. The fourth-order valence-corrected chi connectivity index (χ4v) is 3.61. The Morgan fingerprint density at radius 1 is 1.17 bits per heavy atom. The first kappa shape index (κ1) is 20.5. The summed E-state index contributed by atoms with van der Waals surface area (Å²) in [5.74, 6) is 2.39. The maximum atomic E-state index is 13.1. The van der Waals surface area contributed by atoms with Crippen LogP contribution in [0.4, 0.5) is 24.7 Å². The van der Waals surface area contributed by atoms with Crippen molar-refractivity contribution in [2.45, 2.75) is 30.7 Å². The quantitative estimate of drug-likeness (QED) is 0.491. The zero-order chi connectivity index (χ0) is 21.6. The van der Waals surface area contributed by atoms with Crippen LogP contribution in [-0.2, 0) is 10.9 Å². The molecule has 30 heavy (non-hydrogen) atoms. The average Bonchev–Trinajstić information content (AvgIpc) is 3.23. The number of halogens is 4. The summed E-state index contributed by atoms with van der Waals surface area (Å²) in [5, 5.41) is 23.0. The van der Waals surface area contributed by atoms with Crippen LogP contribution in [0.5, 0.6) is 0 Å². The summed E-state index contributed by atoms with van der Waals surface area (Å²) in [7, 11) is 0. The van der Waals surface area contributed by atoms with Crippen molar-refractivity contribution in [1.29, 1.82) is 0 Å². The predicted molar refractivity (Wildman–Crippen MR) is 103 cm³/mol. The number of anilines is 2. The van der Waals surface area contributed by atoms with Crippen molar-refractivity contribution in [2.75, 3.05) is 5.32 Å². The van der Waals surface area contributed by atoms with E-state index in [1.54, 1.807) is 0 Å². The van der Waals surface area contributed by atoms with E-state index in [4.69, 9.17) is 11.2 Å². The number of aliphatic hydroxyl groups is 2. The molecule has 1 aromatic carbocycles. The van der Waals surface area contributed by atoms with Crippen LogP contribution in [0.3, 0.4) is 0 Å². The molecule has 0 amide bonds. The minimum Gasteiger partial charge on any atom is -0.386 e. The number of hydrogen-bond acceptors (Lipinski definition) is 7. The third-order valence-corrected chi connectivity index (χ3v) is 4.98. The maximum absolute atomic E-state index is 13.1. The highest BCUT2D eigenvalue weighted by molar-refractivity contribution is 9.10. The van der Waals surface area contributed by atoms with Gasteiger partial charge in [0.05, 0.1) is 11.9 Å². The summed E-state index contributed by atoms with van der Waals surface area (Å²) < 4.78 is 46.3. The Morgan fingerprint density at radius 3 is 2.60 bits per heavy atom. The van der Waals surface area contributed by atoms with Gasteiger partial charge in [0, 0.05) is 10.2 Å². The number of terminal acetylenes is 1. The van der Waals surface area contributed by atoms with Gasteiger partial charge in [-0.1, -0.05) is 21.9 Å². The Kier molecular flexibility index (Phi) is 5.15. The van der Waals surface area contributed by atoms with E-state index in [0.717, 1.165) is 12.1 Å². The number of benzene rings is 1. The van der Waals surface area contributed by atoms with Crippen LogP contribution in [0.15, 0.2) is 35.3 Å². The van der Waals surface area contributed by atoms with Crippen molar-refractivity contribution in [2.24, 2.45) is 0 Å². The van der Waals surface area contributed by atoms with Crippen molar-refractivity contribution in [1.82, 2.24) is 19.5 Å². The van der Waals surface area contributed by atoms with Gasteiger partial charge in [-0.3, -0.25) is 4.57 Å². The molecule has 8 nitrogen and oxygen atoms in total. The van der Waals surface area contributed by atoms with Gasteiger partial charge in [-0.05, 0) is 18.2 Å². The average molecular weight is 484 g/mol.